The smallest absolute Gasteiger partial charge is 0.169 e. The van der Waals surface area contributed by atoms with Crippen molar-refractivity contribution in [3.8, 4) is 0 Å². The predicted octanol–water partition coefficient (Wildman–Crippen LogP) is 3.73. The Morgan fingerprint density at radius 1 is 1.29 bits per heavy atom. The van der Waals surface area contributed by atoms with E-state index in [0.717, 1.165) is 47.9 Å². The van der Waals surface area contributed by atoms with E-state index in [-0.39, 0.29) is 17.2 Å². The number of carbonyl (C=O) groups excluding carboxylic acids is 1. The molecule has 0 bridgehead atoms. The SMILES string of the molecule is CNC(=S)N1CCC[C@@H]1c1nn(Cc2ccccc2)c2c1C(=O)CC(C)(C)C2. The fraction of sp³-hybridized carbons (Fsp3) is 0.500. The van der Waals surface area contributed by atoms with Crippen molar-refractivity contribution in [2.24, 2.45) is 5.41 Å². The van der Waals surface area contributed by atoms with Gasteiger partial charge in [0.15, 0.2) is 10.9 Å². The summed E-state index contributed by atoms with van der Waals surface area (Å²) in [6.07, 6.45) is 3.49. The maximum absolute atomic E-state index is 13.2. The van der Waals surface area contributed by atoms with E-state index >= 15 is 0 Å². The van der Waals surface area contributed by atoms with Gasteiger partial charge in [-0.15, -0.1) is 0 Å². The minimum absolute atomic E-state index is 0.0362. The molecule has 6 heteroatoms. The van der Waals surface area contributed by atoms with Crippen LogP contribution in [0.25, 0.3) is 0 Å². The maximum Gasteiger partial charge on any atom is 0.169 e. The van der Waals surface area contributed by atoms with Gasteiger partial charge in [-0.1, -0.05) is 44.2 Å². The molecule has 1 aromatic heterocycles. The molecule has 5 nitrogen and oxygen atoms in total. The second-order valence-electron chi connectivity index (χ2n) is 8.70. The Hall–Kier alpha value is -2.21. The molecule has 2 heterocycles. The van der Waals surface area contributed by atoms with Gasteiger partial charge < -0.3 is 10.2 Å². The van der Waals surface area contributed by atoms with Gasteiger partial charge in [0, 0.05) is 20.0 Å². The number of ketones is 1. The second kappa shape index (κ2) is 7.32. The lowest BCUT2D eigenvalue weighted by atomic mass is 9.75. The number of Topliss-reactive ketones (excluding diaryl/α,β-unsaturated/α-hetero) is 1. The molecule has 1 atom stereocenters. The molecule has 0 unspecified atom stereocenters. The number of likely N-dealkylation sites (tertiary alicyclic amines) is 1. The summed E-state index contributed by atoms with van der Waals surface area (Å²) in [6, 6.07) is 10.4. The van der Waals surface area contributed by atoms with Gasteiger partial charge in [-0.05, 0) is 42.5 Å². The van der Waals surface area contributed by atoms with Crippen molar-refractivity contribution in [1.29, 1.82) is 0 Å². The fourth-order valence-electron chi connectivity index (χ4n) is 4.60. The minimum atomic E-state index is -0.0362. The lowest BCUT2D eigenvalue weighted by Crippen LogP contribution is -2.38. The van der Waals surface area contributed by atoms with Crippen LogP contribution < -0.4 is 5.32 Å². The second-order valence-corrected chi connectivity index (χ2v) is 9.08. The average Bonchev–Trinajstić information content (AvgIpc) is 3.26. The van der Waals surface area contributed by atoms with Crippen LogP contribution in [0.15, 0.2) is 30.3 Å². The van der Waals surface area contributed by atoms with Crippen molar-refractivity contribution in [1.82, 2.24) is 20.0 Å². The van der Waals surface area contributed by atoms with E-state index in [0.29, 0.717) is 13.0 Å². The number of aromatic nitrogens is 2. The highest BCUT2D eigenvalue weighted by Crippen LogP contribution is 2.41. The molecule has 2 aromatic rings. The highest BCUT2D eigenvalue weighted by atomic mass is 32.1. The summed E-state index contributed by atoms with van der Waals surface area (Å²) in [5, 5.41) is 8.85. The summed E-state index contributed by atoms with van der Waals surface area (Å²) >= 11 is 5.52. The van der Waals surface area contributed by atoms with E-state index in [2.05, 4.69) is 40.9 Å². The highest BCUT2D eigenvalue weighted by molar-refractivity contribution is 7.80. The molecule has 0 spiro atoms. The monoisotopic (exact) mass is 396 g/mol. The average molecular weight is 397 g/mol. The van der Waals surface area contributed by atoms with Crippen molar-refractivity contribution < 1.29 is 4.79 Å². The number of nitrogens with zero attached hydrogens (tertiary/aromatic N) is 3. The Morgan fingerprint density at radius 2 is 2.04 bits per heavy atom. The molecular formula is C22H28N4OS. The number of benzene rings is 1. The van der Waals surface area contributed by atoms with Crippen LogP contribution in [0.5, 0.6) is 0 Å². The zero-order valence-electron chi connectivity index (χ0n) is 16.9. The number of hydrogen-bond acceptors (Lipinski definition) is 3. The van der Waals surface area contributed by atoms with E-state index < -0.39 is 0 Å². The van der Waals surface area contributed by atoms with Crippen molar-refractivity contribution in [2.75, 3.05) is 13.6 Å². The van der Waals surface area contributed by atoms with Gasteiger partial charge in [-0.3, -0.25) is 9.48 Å². The van der Waals surface area contributed by atoms with Gasteiger partial charge in [-0.2, -0.15) is 5.10 Å². The normalized spacial score (nSPS) is 20.9. The standard InChI is InChI=1S/C22H28N4OS/c1-22(2)12-17-19(18(27)13-22)20(16-10-7-11-25(16)21(28)23-3)24-26(17)14-15-8-5-4-6-9-15/h4-6,8-9,16H,7,10-14H2,1-3H3,(H,23,28)/t16-/m1/s1. The molecule has 1 saturated heterocycles. The van der Waals surface area contributed by atoms with E-state index in [1.807, 2.05) is 25.2 Å². The third-order valence-corrected chi connectivity index (χ3v) is 6.31. The van der Waals surface area contributed by atoms with Gasteiger partial charge in [-0.25, -0.2) is 0 Å². The number of carbonyl (C=O) groups is 1. The molecule has 1 aliphatic heterocycles. The maximum atomic E-state index is 13.2. The predicted molar refractivity (Wildman–Crippen MR) is 115 cm³/mol. The zero-order chi connectivity index (χ0) is 19.9. The van der Waals surface area contributed by atoms with Crippen molar-refractivity contribution in [2.45, 2.75) is 52.1 Å². The Labute approximate surface area is 172 Å². The van der Waals surface area contributed by atoms with Crippen LogP contribution in [-0.2, 0) is 13.0 Å². The summed E-state index contributed by atoms with van der Waals surface area (Å²) in [4.78, 5) is 15.4. The van der Waals surface area contributed by atoms with Gasteiger partial charge in [0.2, 0.25) is 0 Å². The van der Waals surface area contributed by atoms with Gasteiger partial charge >= 0.3 is 0 Å². The van der Waals surface area contributed by atoms with Crippen LogP contribution in [0.3, 0.4) is 0 Å². The Kier molecular flexibility index (Phi) is 5.00. The van der Waals surface area contributed by atoms with Crippen LogP contribution in [0, 0.1) is 5.41 Å². The summed E-state index contributed by atoms with van der Waals surface area (Å²) in [5.41, 5.74) is 4.02. The third-order valence-electron chi connectivity index (χ3n) is 5.87. The quantitative estimate of drug-likeness (QED) is 0.801. The molecule has 0 radical (unpaired) electrons. The van der Waals surface area contributed by atoms with Crippen LogP contribution in [0.4, 0.5) is 0 Å². The molecule has 2 aliphatic rings. The Balaban J connectivity index is 1.79. The lowest BCUT2D eigenvalue weighted by Gasteiger charge is -2.30. The minimum Gasteiger partial charge on any atom is -0.366 e. The number of fused-ring (bicyclic) bond motifs is 1. The van der Waals surface area contributed by atoms with Crippen LogP contribution in [-0.4, -0.2) is 39.2 Å². The van der Waals surface area contributed by atoms with Gasteiger partial charge in [0.1, 0.15) is 0 Å². The summed E-state index contributed by atoms with van der Waals surface area (Å²) in [7, 11) is 1.86. The fourth-order valence-corrected chi connectivity index (χ4v) is 4.82. The molecule has 1 aromatic carbocycles. The summed E-state index contributed by atoms with van der Waals surface area (Å²) < 4.78 is 2.07. The van der Waals surface area contributed by atoms with Gasteiger partial charge in [0.05, 0.1) is 29.5 Å². The topological polar surface area (TPSA) is 50.2 Å². The first-order valence-electron chi connectivity index (χ1n) is 10.0. The zero-order valence-corrected chi connectivity index (χ0v) is 17.7. The van der Waals surface area contributed by atoms with Crippen LogP contribution >= 0.6 is 12.2 Å². The van der Waals surface area contributed by atoms with Crippen molar-refractivity contribution in [3.63, 3.8) is 0 Å². The molecule has 0 amide bonds. The first-order valence-corrected chi connectivity index (χ1v) is 10.5. The van der Waals surface area contributed by atoms with Crippen LogP contribution in [0.2, 0.25) is 0 Å². The summed E-state index contributed by atoms with van der Waals surface area (Å²) in [5.74, 6) is 0.225. The molecule has 1 aliphatic carbocycles. The van der Waals surface area contributed by atoms with Crippen molar-refractivity contribution in [3.05, 3.63) is 52.8 Å². The van der Waals surface area contributed by atoms with E-state index in [4.69, 9.17) is 17.3 Å². The molecule has 148 valence electrons. The lowest BCUT2D eigenvalue weighted by molar-refractivity contribution is 0.0908. The van der Waals surface area contributed by atoms with Crippen LogP contribution in [0.1, 0.15) is 66.5 Å². The molecule has 4 rings (SSSR count). The Bertz CT molecular complexity index is 903. The number of nitrogens with one attached hydrogen (secondary N) is 1. The first kappa shape index (κ1) is 19.1. The molecule has 1 fully saturated rings. The summed E-state index contributed by atoms with van der Waals surface area (Å²) in [6.45, 7) is 5.94. The number of hydrogen-bond donors (Lipinski definition) is 1. The molecule has 28 heavy (non-hydrogen) atoms. The van der Waals surface area contributed by atoms with Gasteiger partial charge in [0.25, 0.3) is 0 Å². The van der Waals surface area contributed by atoms with Crippen molar-refractivity contribution >= 4 is 23.1 Å². The van der Waals surface area contributed by atoms with E-state index in [1.54, 1.807) is 0 Å². The molecule has 1 N–H and O–H groups in total. The highest BCUT2D eigenvalue weighted by Gasteiger charge is 2.40. The molecule has 0 saturated carbocycles. The largest absolute Gasteiger partial charge is 0.366 e. The van der Waals surface area contributed by atoms with E-state index in [9.17, 15) is 4.79 Å². The van der Waals surface area contributed by atoms with E-state index in [1.165, 1.54) is 5.56 Å². The Morgan fingerprint density at radius 3 is 2.75 bits per heavy atom. The third kappa shape index (κ3) is 3.46. The number of rotatable bonds is 3. The first-order chi connectivity index (χ1) is 13.4. The number of thiocarbonyl (C=S) groups is 1. The molecular weight excluding hydrogens is 368 g/mol.